The molecule has 134 valence electrons. The summed E-state index contributed by atoms with van der Waals surface area (Å²) in [4.78, 5) is 34.4. The third-order valence-electron chi connectivity index (χ3n) is 3.16. The van der Waals surface area contributed by atoms with E-state index in [1.807, 2.05) is 0 Å². The van der Waals surface area contributed by atoms with Gasteiger partial charge in [0.05, 0.1) is 21.2 Å². The highest BCUT2D eigenvalue weighted by molar-refractivity contribution is 6.37. The Balaban J connectivity index is 2.31. The molecule has 0 heterocycles. The number of carbonyl (C=O) groups is 2. The summed E-state index contributed by atoms with van der Waals surface area (Å²) in [7, 11) is 0. The first-order valence-corrected chi connectivity index (χ1v) is 7.87. The Morgan fingerprint density at radius 3 is 2.46 bits per heavy atom. The molecule has 2 aromatic rings. The quantitative estimate of drug-likeness (QED) is 0.262. The number of anilines is 1. The van der Waals surface area contributed by atoms with Crippen LogP contribution in [0, 0.1) is 10.1 Å². The number of nitro benzene ring substituents is 1. The zero-order chi connectivity index (χ0) is 19.4. The van der Waals surface area contributed by atoms with Crippen LogP contribution >= 0.6 is 23.2 Å². The fourth-order valence-corrected chi connectivity index (χ4v) is 2.33. The van der Waals surface area contributed by atoms with Crippen LogP contribution in [0.25, 0.3) is 0 Å². The maximum absolute atomic E-state index is 12.5. The summed E-state index contributed by atoms with van der Waals surface area (Å²) in [5.41, 5.74) is -0.0724. The normalized spacial score (nSPS) is 10.1. The standard InChI is InChI=1S/C17H12Cl2N2O5/c1-9(2)17(23)26-15-6-4-3-5-10(15)16(22)20-13-7-12(19)14(21(24)25)8-11(13)18/h3-8H,1H2,2H3,(H,20,22). The molecule has 0 saturated carbocycles. The molecule has 0 aromatic heterocycles. The summed E-state index contributed by atoms with van der Waals surface area (Å²) in [5, 5.41) is 13.1. The number of rotatable bonds is 5. The second-order valence-corrected chi connectivity index (χ2v) is 5.98. The van der Waals surface area contributed by atoms with Crippen LogP contribution in [-0.4, -0.2) is 16.8 Å². The number of amides is 1. The Labute approximate surface area is 158 Å². The van der Waals surface area contributed by atoms with Gasteiger partial charge in [0.1, 0.15) is 10.8 Å². The zero-order valence-corrected chi connectivity index (χ0v) is 14.9. The van der Waals surface area contributed by atoms with Gasteiger partial charge in [0, 0.05) is 11.6 Å². The van der Waals surface area contributed by atoms with E-state index in [4.69, 9.17) is 27.9 Å². The van der Waals surface area contributed by atoms with Crippen LogP contribution in [0.4, 0.5) is 11.4 Å². The van der Waals surface area contributed by atoms with Crippen LogP contribution < -0.4 is 10.1 Å². The van der Waals surface area contributed by atoms with Crippen LogP contribution in [0.1, 0.15) is 17.3 Å². The Morgan fingerprint density at radius 1 is 1.19 bits per heavy atom. The maximum Gasteiger partial charge on any atom is 0.338 e. The Morgan fingerprint density at radius 2 is 1.85 bits per heavy atom. The average Bonchev–Trinajstić information content (AvgIpc) is 2.57. The van der Waals surface area contributed by atoms with Gasteiger partial charge in [-0.25, -0.2) is 4.79 Å². The Bertz CT molecular complexity index is 927. The minimum atomic E-state index is -0.688. The zero-order valence-electron chi connectivity index (χ0n) is 13.4. The highest BCUT2D eigenvalue weighted by Gasteiger charge is 2.20. The van der Waals surface area contributed by atoms with E-state index in [1.54, 1.807) is 12.1 Å². The molecule has 7 nitrogen and oxygen atoms in total. The van der Waals surface area contributed by atoms with Crippen molar-refractivity contribution in [2.45, 2.75) is 6.92 Å². The van der Waals surface area contributed by atoms with Crippen molar-refractivity contribution < 1.29 is 19.2 Å². The SMILES string of the molecule is C=C(C)C(=O)Oc1ccccc1C(=O)Nc1cc(Cl)c([N+](=O)[O-])cc1Cl. The van der Waals surface area contributed by atoms with Gasteiger partial charge in [0.25, 0.3) is 11.6 Å². The number of carbonyl (C=O) groups excluding carboxylic acids is 2. The number of halogens is 2. The van der Waals surface area contributed by atoms with Gasteiger partial charge >= 0.3 is 5.97 Å². The summed E-state index contributed by atoms with van der Waals surface area (Å²) in [6.07, 6.45) is 0. The van der Waals surface area contributed by atoms with Gasteiger partial charge in [-0.1, -0.05) is 41.9 Å². The van der Waals surface area contributed by atoms with E-state index in [0.29, 0.717) is 0 Å². The highest BCUT2D eigenvalue weighted by atomic mass is 35.5. The molecule has 0 aliphatic rings. The van der Waals surface area contributed by atoms with Crippen molar-refractivity contribution >= 4 is 46.5 Å². The van der Waals surface area contributed by atoms with Crippen molar-refractivity contribution in [3.05, 3.63) is 74.3 Å². The number of hydrogen-bond donors (Lipinski definition) is 1. The molecule has 0 spiro atoms. The van der Waals surface area contributed by atoms with Gasteiger partial charge in [0.2, 0.25) is 0 Å². The Hall–Kier alpha value is -2.90. The molecule has 2 aromatic carbocycles. The van der Waals surface area contributed by atoms with E-state index in [-0.39, 0.29) is 38.3 Å². The predicted molar refractivity (Wildman–Crippen MR) is 98.0 cm³/mol. The summed E-state index contributed by atoms with van der Waals surface area (Å²) >= 11 is 11.8. The number of benzene rings is 2. The summed E-state index contributed by atoms with van der Waals surface area (Å²) in [5.74, 6) is -1.29. The first kappa shape index (κ1) is 19.4. The fourth-order valence-electron chi connectivity index (χ4n) is 1.89. The molecule has 0 saturated heterocycles. The number of para-hydroxylation sites is 1. The molecule has 0 bridgehead atoms. The molecule has 0 atom stereocenters. The van der Waals surface area contributed by atoms with E-state index in [0.717, 1.165) is 6.07 Å². The van der Waals surface area contributed by atoms with E-state index < -0.39 is 16.8 Å². The van der Waals surface area contributed by atoms with Crippen LogP contribution in [0.5, 0.6) is 5.75 Å². The van der Waals surface area contributed by atoms with Crippen molar-refractivity contribution in [2.24, 2.45) is 0 Å². The van der Waals surface area contributed by atoms with Crippen LogP contribution in [0.2, 0.25) is 10.0 Å². The molecular weight excluding hydrogens is 383 g/mol. The molecule has 1 N–H and O–H groups in total. The second-order valence-electron chi connectivity index (χ2n) is 5.16. The van der Waals surface area contributed by atoms with Gasteiger partial charge in [-0.2, -0.15) is 0 Å². The van der Waals surface area contributed by atoms with Crippen LogP contribution in [-0.2, 0) is 4.79 Å². The van der Waals surface area contributed by atoms with E-state index in [1.165, 1.54) is 25.1 Å². The van der Waals surface area contributed by atoms with Gasteiger partial charge in [-0.3, -0.25) is 14.9 Å². The van der Waals surface area contributed by atoms with Crippen molar-refractivity contribution in [3.63, 3.8) is 0 Å². The molecule has 0 aliphatic carbocycles. The van der Waals surface area contributed by atoms with E-state index in [9.17, 15) is 19.7 Å². The number of nitrogens with zero attached hydrogens (tertiary/aromatic N) is 1. The van der Waals surface area contributed by atoms with Crippen molar-refractivity contribution in [3.8, 4) is 5.75 Å². The second kappa shape index (κ2) is 7.99. The molecule has 0 radical (unpaired) electrons. The third-order valence-corrected chi connectivity index (χ3v) is 3.78. The molecule has 9 heteroatoms. The lowest BCUT2D eigenvalue weighted by atomic mass is 10.1. The van der Waals surface area contributed by atoms with E-state index in [2.05, 4.69) is 11.9 Å². The largest absolute Gasteiger partial charge is 0.422 e. The topological polar surface area (TPSA) is 98.5 Å². The number of ether oxygens (including phenoxy) is 1. The Kier molecular flexibility index (Phi) is 5.97. The summed E-state index contributed by atoms with van der Waals surface area (Å²) < 4.78 is 5.12. The van der Waals surface area contributed by atoms with Gasteiger partial charge in [0.15, 0.2) is 0 Å². The lowest BCUT2D eigenvalue weighted by Crippen LogP contribution is -2.16. The smallest absolute Gasteiger partial charge is 0.338 e. The van der Waals surface area contributed by atoms with E-state index >= 15 is 0 Å². The van der Waals surface area contributed by atoms with Gasteiger partial charge in [-0.05, 0) is 25.1 Å². The lowest BCUT2D eigenvalue weighted by molar-refractivity contribution is -0.384. The molecule has 0 fully saturated rings. The number of hydrogen-bond acceptors (Lipinski definition) is 5. The first-order chi connectivity index (χ1) is 12.2. The van der Waals surface area contributed by atoms with Crippen molar-refractivity contribution in [1.82, 2.24) is 0 Å². The molecule has 2 rings (SSSR count). The monoisotopic (exact) mass is 394 g/mol. The van der Waals surface area contributed by atoms with Gasteiger partial charge < -0.3 is 10.1 Å². The highest BCUT2D eigenvalue weighted by Crippen LogP contribution is 2.34. The number of nitro groups is 1. The van der Waals surface area contributed by atoms with Crippen LogP contribution in [0.3, 0.4) is 0 Å². The molecule has 1 amide bonds. The van der Waals surface area contributed by atoms with Crippen molar-refractivity contribution in [1.29, 1.82) is 0 Å². The number of esters is 1. The van der Waals surface area contributed by atoms with Gasteiger partial charge in [-0.15, -0.1) is 0 Å². The maximum atomic E-state index is 12.5. The van der Waals surface area contributed by atoms with Crippen LogP contribution in [0.15, 0.2) is 48.6 Å². The van der Waals surface area contributed by atoms with Crippen molar-refractivity contribution in [2.75, 3.05) is 5.32 Å². The molecule has 0 unspecified atom stereocenters. The molecular formula is C17H12Cl2N2O5. The molecule has 0 aliphatic heterocycles. The first-order valence-electron chi connectivity index (χ1n) is 7.12. The average molecular weight is 395 g/mol. The summed E-state index contributed by atoms with van der Waals surface area (Å²) in [6, 6.07) is 8.26. The minimum absolute atomic E-state index is 0.0298. The fraction of sp³-hybridized carbons (Fsp3) is 0.0588. The number of nitrogens with one attached hydrogen (secondary N) is 1. The predicted octanol–water partition coefficient (Wildman–Crippen LogP) is 4.64. The molecule has 26 heavy (non-hydrogen) atoms. The third kappa shape index (κ3) is 4.38. The lowest BCUT2D eigenvalue weighted by Gasteiger charge is -2.11. The summed E-state index contributed by atoms with van der Waals surface area (Å²) in [6.45, 7) is 4.95. The minimum Gasteiger partial charge on any atom is -0.422 e.